The Labute approximate surface area is 120 Å². The molecular weight excluding hydrogens is 258 g/mol. The lowest BCUT2D eigenvalue weighted by molar-refractivity contribution is -0.142. The number of esters is 1. The van der Waals surface area contributed by atoms with Gasteiger partial charge in [-0.1, -0.05) is 6.92 Å². The molecule has 0 spiro atoms. The molecule has 0 fully saturated rings. The second kappa shape index (κ2) is 8.43. The van der Waals surface area contributed by atoms with Crippen molar-refractivity contribution >= 4 is 5.97 Å². The summed E-state index contributed by atoms with van der Waals surface area (Å²) in [6, 6.07) is 5.65. The molecule has 0 saturated heterocycles. The van der Waals surface area contributed by atoms with Crippen LogP contribution in [0.4, 0.5) is 0 Å². The van der Waals surface area contributed by atoms with Crippen molar-refractivity contribution < 1.29 is 19.0 Å². The number of methoxy groups -OCH3 is 3. The van der Waals surface area contributed by atoms with Gasteiger partial charge in [-0.3, -0.25) is 9.69 Å². The Morgan fingerprint density at radius 3 is 2.50 bits per heavy atom. The summed E-state index contributed by atoms with van der Waals surface area (Å²) in [5, 5.41) is 0. The van der Waals surface area contributed by atoms with E-state index in [9.17, 15) is 4.79 Å². The van der Waals surface area contributed by atoms with Gasteiger partial charge in [-0.15, -0.1) is 0 Å². The van der Waals surface area contributed by atoms with Gasteiger partial charge in [0.15, 0.2) is 0 Å². The maximum atomic E-state index is 11.4. The molecule has 20 heavy (non-hydrogen) atoms. The SMILES string of the molecule is CCCN(CC(=O)OC)Cc1cc(OC)ccc1OC. The number of ether oxygens (including phenoxy) is 3. The summed E-state index contributed by atoms with van der Waals surface area (Å²) in [6.07, 6.45) is 0.962. The van der Waals surface area contributed by atoms with Gasteiger partial charge in [-0.05, 0) is 31.2 Å². The zero-order valence-electron chi connectivity index (χ0n) is 12.6. The van der Waals surface area contributed by atoms with Crippen LogP contribution in [0.25, 0.3) is 0 Å². The van der Waals surface area contributed by atoms with Crippen LogP contribution < -0.4 is 9.47 Å². The summed E-state index contributed by atoms with van der Waals surface area (Å²) >= 11 is 0. The minimum absolute atomic E-state index is 0.236. The summed E-state index contributed by atoms with van der Waals surface area (Å²) in [7, 11) is 4.66. The Morgan fingerprint density at radius 1 is 1.20 bits per heavy atom. The summed E-state index contributed by atoms with van der Waals surface area (Å²) in [5.74, 6) is 1.33. The van der Waals surface area contributed by atoms with Gasteiger partial charge in [-0.2, -0.15) is 0 Å². The van der Waals surface area contributed by atoms with Gasteiger partial charge in [0.2, 0.25) is 0 Å². The Balaban J connectivity index is 2.87. The normalized spacial score (nSPS) is 10.4. The minimum Gasteiger partial charge on any atom is -0.497 e. The monoisotopic (exact) mass is 281 g/mol. The average molecular weight is 281 g/mol. The molecule has 0 atom stereocenters. The van der Waals surface area contributed by atoms with Crippen molar-refractivity contribution in [3.05, 3.63) is 23.8 Å². The number of hydrogen-bond donors (Lipinski definition) is 0. The zero-order valence-corrected chi connectivity index (χ0v) is 12.6. The van der Waals surface area contributed by atoms with E-state index in [-0.39, 0.29) is 12.5 Å². The number of hydrogen-bond acceptors (Lipinski definition) is 5. The molecule has 0 radical (unpaired) electrons. The van der Waals surface area contributed by atoms with E-state index in [4.69, 9.17) is 14.2 Å². The van der Waals surface area contributed by atoms with E-state index in [2.05, 4.69) is 6.92 Å². The summed E-state index contributed by atoms with van der Waals surface area (Å²) in [6.45, 7) is 3.77. The van der Waals surface area contributed by atoms with Crippen molar-refractivity contribution in [2.24, 2.45) is 0 Å². The third-order valence-corrected chi connectivity index (χ3v) is 3.00. The Bertz CT molecular complexity index is 434. The van der Waals surface area contributed by atoms with Crippen molar-refractivity contribution in [3.8, 4) is 11.5 Å². The van der Waals surface area contributed by atoms with Gasteiger partial charge in [0, 0.05) is 12.1 Å². The van der Waals surface area contributed by atoms with Crippen LogP contribution in [0.2, 0.25) is 0 Å². The second-order valence-electron chi connectivity index (χ2n) is 4.46. The van der Waals surface area contributed by atoms with Crippen LogP contribution in [0.5, 0.6) is 11.5 Å². The third-order valence-electron chi connectivity index (χ3n) is 3.00. The van der Waals surface area contributed by atoms with Crippen LogP contribution in [-0.4, -0.2) is 45.3 Å². The minimum atomic E-state index is -0.236. The number of benzene rings is 1. The predicted molar refractivity (Wildman–Crippen MR) is 77.1 cm³/mol. The number of carbonyl (C=O) groups is 1. The molecule has 0 heterocycles. The molecule has 0 aromatic heterocycles. The lowest BCUT2D eigenvalue weighted by Gasteiger charge is -2.21. The molecule has 112 valence electrons. The van der Waals surface area contributed by atoms with Crippen molar-refractivity contribution in [2.75, 3.05) is 34.4 Å². The van der Waals surface area contributed by atoms with Crippen molar-refractivity contribution in [1.29, 1.82) is 0 Å². The van der Waals surface area contributed by atoms with Crippen LogP contribution in [0, 0.1) is 0 Å². The molecule has 1 rings (SSSR count). The molecule has 0 bridgehead atoms. The fraction of sp³-hybridized carbons (Fsp3) is 0.533. The van der Waals surface area contributed by atoms with Crippen LogP contribution in [0.1, 0.15) is 18.9 Å². The van der Waals surface area contributed by atoms with Crippen molar-refractivity contribution in [1.82, 2.24) is 4.90 Å². The first-order valence-corrected chi connectivity index (χ1v) is 6.64. The average Bonchev–Trinajstić information content (AvgIpc) is 2.47. The fourth-order valence-electron chi connectivity index (χ4n) is 2.02. The van der Waals surface area contributed by atoms with E-state index in [0.29, 0.717) is 6.54 Å². The topological polar surface area (TPSA) is 48.0 Å². The number of rotatable bonds is 8. The smallest absolute Gasteiger partial charge is 0.319 e. The maximum absolute atomic E-state index is 11.4. The highest BCUT2D eigenvalue weighted by atomic mass is 16.5. The van der Waals surface area contributed by atoms with Gasteiger partial charge in [-0.25, -0.2) is 0 Å². The molecule has 5 heteroatoms. The van der Waals surface area contributed by atoms with E-state index in [1.54, 1.807) is 14.2 Å². The van der Waals surface area contributed by atoms with E-state index >= 15 is 0 Å². The lowest BCUT2D eigenvalue weighted by atomic mass is 10.1. The molecule has 5 nitrogen and oxygen atoms in total. The largest absolute Gasteiger partial charge is 0.497 e. The van der Waals surface area contributed by atoms with Crippen LogP contribution in [-0.2, 0) is 16.1 Å². The van der Waals surface area contributed by atoms with E-state index in [1.165, 1.54) is 7.11 Å². The first-order chi connectivity index (χ1) is 9.64. The van der Waals surface area contributed by atoms with Crippen molar-refractivity contribution in [3.63, 3.8) is 0 Å². The molecule has 0 saturated carbocycles. The standard InChI is InChI=1S/C15H23NO4/c1-5-8-16(11-15(17)20-4)10-12-9-13(18-2)6-7-14(12)19-3/h6-7,9H,5,8,10-11H2,1-4H3. The van der Waals surface area contributed by atoms with Crippen molar-refractivity contribution in [2.45, 2.75) is 19.9 Å². The molecule has 0 N–H and O–H groups in total. The Morgan fingerprint density at radius 2 is 1.95 bits per heavy atom. The Kier molecular flexibility index (Phi) is 6.87. The van der Waals surface area contributed by atoms with Gasteiger partial charge in [0.1, 0.15) is 11.5 Å². The second-order valence-corrected chi connectivity index (χ2v) is 4.46. The summed E-state index contributed by atoms with van der Waals surface area (Å²) in [5.41, 5.74) is 0.990. The van der Waals surface area contributed by atoms with Gasteiger partial charge < -0.3 is 14.2 Å². The predicted octanol–water partition coefficient (Wildman–Crippen LogP) is 2.09. The summed E-state index contributed by atoms with van der Waals surface area (Å²) < 4.78 is 15.3. The third kappa shape index (κ3) is 4.74. The van der Waals surface area contributed by atoms with Gasteiger partial charge >= 0.3 is 5.97 Å². The molecule has 0 unspecified atom stereocenters. The highest BCUT2D eigenvalue weighted by Crippen LogP contribution is 2.25. The van der Waals surface area contributed by atoms with E-state index in [1.807, 2.05) is 23.1 Å². The van der Waals surface area contributed by atoms with Crippen LogP contribution in [0.15, 0.2) is 18.2 Å². The number of carbonyl (C=O) groups excluding carboxylic acids is 1. The molecule has 1 aromatic carbocycles. The molecule has 0 aliphatic carbocycles. The quantitative estimate of drug-likeness (QED) is 0.683. The molecular formula is C15H23NO4. The number of nitrogens with zero attached hydrogens (tertiary/aromatic N) is 1. The molecule has 0 aliphatic heterocycles. The summed E-state index contributed by atoms with van der Waals surface area (Å²) in [4.78, 5) is 13.5. The molecule has 0 aliphatic rings. The first-order valence-electron chi connectivity index (χ1n) is 6.64. The van der Waals surface area contributed by atoms with E-state index < -0.39 is 0 Å². The Hall–Kier alpha value is -1.75. The lowest BCUT2D eigenvalue weighted by Crippen LogP contribution is -2.31. The van der Waals surface area contributed by atoms with E-state index in [0.717, 1.165) is 30.0 Å². The fourth-order valence-corrected chi connectivity index (χ4v) is 2.02. The highest BCUT2D eigenvalue weighted by molar-refractivity contribution is 5.71. The first kappa shape index (κ1) is 16.3. The highest BCUT2D eigenvalue weighted by Gasteiger charge is 2.14. The van der Waals surface area contributed by atoms with Gasteiger partial charge in [0.25, 0.3) is 0 Å². The van der Waals surface area contributed by atoms with Gasteiger partial charge in [0.05, 0.1) is 27.9 Å². The van der Waals surface area contributed by atoms with Crippen LogP contribution >= 0.6 is 0 Å². The zero-order chi connectivity index (χ0) is 15.0. The van der Waals surface area contributed by atoms with Crippen LogP contribution in [0.3, 0.4) is 0 Å². The molecule has 1 aromatic rings. The molecule has 0 amide bonds. The maximum Gasteiger partial charge on any atom is 0.319 e.